The third kappa shape index (κ3) is 4.78. The summed E-state index contributed by atoms with van der Waals surface area (Å²) in [6, 6.07) is 0. The highest BCUT2D eigenvalue weighted by atomic mass is 19.4. The molecule has 0 aliphatic heterocycles. The number of amides is 1. The van der Waals surface area contributed by atoms with Crippen LogP contribution in [0, 0.1) is 0 Å². The molecule has 0 saturated carbocycles. The number of alkyl halides is 7. The van der Waals surface area contributed by atoms with Crippen molar-refractivity contribution in [3.8, 4) is 0 Å². The van der Waals surface area contributed by atoms with Crippen molar-refractivity contribution in [1.82, 2.24) is 5.32 Å². The molecule has 0 aliphatic carbocycles. The first kappa shape index (κ1) is 18.9. The molecule has 0 rings (SSSR count). The van der Waals surface area contributed by atoms with Gasteiger partial charge in [-0.25, -0.2) is 0 Å². The lowest BCUT2D eigenvalue weighted by Crippen LogP contribution is -2.52. The van der Waals surface area contributed by atoms with Gasteiger partial charge in [0.15, 0.2) is 0 Å². The van der Waals surface area contributed by atoms with E-state index in [1.54, 1.807) is 5.32 Å². The zero-order chi connectivity index (χ0) is 16.2. The molecule has 11 heteroatoms. The highest BCUT2D eigenvalue weighted by Gasteiger charge is 2.72. The van der Waals surface area contributed by atoms with E-state index in [4.69, 9.17) is 10.2 Å². The molecule has 0 aromatic rings. The van der Waals surface area contributed by atoms with Crippen LogP contribution in [0.1, 0.15) is 12.8 Å². The van der Waals surface area contributed by atoms with E-state index in [0.29, 0.717) is 0 Å². The number of carbonyl (C=O) groups is 1. The molecule has 0 bridgehead atoms. The molecule has 1 unspecified atom stereocenters. The Morgan fingerprint density at radius 3 is 2.00 bits per heavy atom. The van der Waals surface area contributed by atoms with Crippen LogP contribution in [-0.2, 0) is 4.79 Å². The fraction of sp³-hybridized carbons (Fsp3) is 0.889. The second kappa shape index (κ2) is 6.57. The molecule has 0 radical (unpaired) electrons. The Labute approximate surface area is 108 Å². The largest absolute Gasteiger partial charge is 0.459 e. The van der Waals surface area contributed by atoms with Gasteiger partial charge in [-0.3, -0.25) is 4.79 Å². The second-order valence-corrected chi connectivity index (χ2v) is 3.92. The summed E-state index contributed by atoms with van der Waals surface area (Å²) in [6.07, 6.45) is -11.1. The molecule has 4 nitrogen and oxygen atoms in total. The lowest BCUT2D eigenvalue weighted by atomic mass is 10.1. The number of aliphatic hydroxyl groups is 2. The second-order valence-electron chi connectivity index (χ2n) is 3.92. The summed E-state index contributed by atoms with van der Waals surface area (Å²) in [5, 5.41) is 18.9. The lowest BCUT2D eigenvalue weighted by molar-refractivity contribution is -0.355. The molecule has 20 heavy (non-hydrogen) atoms. The number of rotatable bonds is 7. The first-order chi connectivity index (χ1) is 8.85. The van der Waals surface area contributed by atoms with Crippen molar-refractivity contribution in [2.45, 2.75) is 37.0 Å². The summed E-state index contributed by atoms with van der Waals surface area (Å²) in [7, 11) is 0. The van der Waals surface area contributed by atoms with E-state index >= 15 is 0 Å². The Hall–Kier alpha value is -1.10. The molecule has 0 heterocycles. The van der Waals surface area contributed by atoms with Crippen molar-refractivity contribution < 1.29 is 45.7 Å². The van der Waals surface area contributed by atoms with Crippen LogP contribution >= 0.6 is 0 Å². The summed E-state index contributed by atoms with van der Waals surface area (Å²) in [5.74, 6) is -12.9. The predicted molar refractivity (Wildman–Crippen MR) is 51.3 cm³/mol. The van der Waals surface area contributed by atoms with E-state index < -0.39 is 56.0 Å². The fourth-order valence-corrected chi connectivity index (χ4v) is 1.02. The summed E-state index contributed by atoms with van der Waals surface area (Å²) < 4.78 is 85.7. The summed E-state index contributed by atoms with van der Waals surface area (Å²) in [5.41, 5.74) is 0. The number of carbonyl (C=O) groups excluding carboxylic acids is 1. The van der Waals surface area contributed by atoms with Gasteiger partial charge in [0, 0.05) is 19.4 Å². The molecule has 1 amide bonds. The molecule has 0 aromatic carbocycles. The van der Waals surface area contributed by atoms with E-state index in [0.717, 1.165) is 0 Å². The molecule has 0 spiro atoms. The van der Waals surface area contributed by atoms with E-state index in [2.05, 4.69) is 0 Å². The Kier molecular flexibility index (Phi) is 6.21. The fourth-order valence-electron chi connectivity index (χ4n) is 1.02. The summed E-state index contributed by atoms with van der Waals surface area (Å²) in [6.45, 7) is -1.29. The Morgan fingerprint density at radius 1 is 1.10 bits per heavy atom. The molecular formula is C9H12F7NO3. The first-order valence-corrected chi connectivity index (χ1v) is 5.23. The molecule has 0 aliphatic rings. The average molecular weight is 315 g/mol. The van der Waals surface area contributed by atoms with Gasteiger partial charge in [-0.05, 0) is 0 Å². The number of hydrogen-bond donors (Lipinski definition) is 3. The molecule has 0 fully saturated rings. The number of nitrogens with one attached hydrogen (secondary N) is 1. The summed E-state index contributed by atoms with van der Waals surface area (Å²) >= 11 is 0. The third-order valence-electron chi connectivity index (χ3n) is 2.23. The van der Waals surface area contributed by atoms with Gasteiger partial charge in [0.05, 0.1) is 12.7 Å². The van der Waals surface area contributed by atoms with E-state index in [1.807, 2.05) is 0 Å². The van der Waals surface area contributed by atoms with Gasteiger partial charge in [-0.1, -0.05) is 0 Å². The van der Waals surface area contributed by atoms with Crippen molar-refractivity contribution in [3.63, 3.8) is 0 Å². The highest BCUT2D eigenvalue weighted by molar-refractivity contribution is 5.75. The zero-order valence-electron chi connectivity index (χ0n) is 9.85. The minimum absolute atomic E-state index is 0.545. The quantitative estimate of drug-likeness (QED) is 0.616. The number of hydrogen-bond acceptors (Lipinski definition) is 3. The zero-order valence-corrected chi connectivity index (χ0v) is 9.85. The Balaban J connectivity index is 4.46. The number of halogens is 7. The van der Waals surface area contributed by atoms with Gasteiger partial charge in [0.2, 0.25) is 5.91 Å². The van der Waals surface area contributed by atoms with Crippen molar-refractivity contribution in [2.24, 2.45) is 0 Å². The first-order valence-electron chi connectivity index (χ1n) is 5.23. The van der Waals surface area contributed by atoms with E-state index in [9.17, 15) is 35.5 Å². The average Bonchev–Trinajstić information content (AvgIpc) is 2.31. The van der Waals surface area contributed by atoms with Gasteiger partial charge in [-0.2, -0.15) is 30.7 Å². The summed E-state index contributed by atoms with van der Waals surface area (Å²) in [4.78, 5) is 10.9. The van der Waals surface area contributed by atoms with Crippen molar-refractivity contribution in [2.75, 3.05) is 13.2 Å². The Morgan fingerprint density at radius 2 is 1.60 bits per heavy atom. The predicted octanol–water partition coefficient (Wildman–Crippen LogP) is 1.07. The smallest absolute Gasteiger partial charge is 0.394 e. The maximum absolute atomic E-state index is 12.8. The molecule has 120 valence electrons. The molecule has 0 saturated heterocycles. The van der Waals surface area contributed by atoms with Crippen LogP contribution in [0.5, 0.6) is 0 Å². The van der Waals surface area contributed by atoms with E-state index in [1.165, 1.54) is 0 Å². The SMILES string of the molecule is O=C(CCC(F)(F)C(F)(F)C(F)(F)F)NCC(O)CO. The van der Waals surface area contributed by atoms with Gasteiger partial charge >= 0.3 is 18.0 Å². The minimum Gasteiger partial charge on any atom is -0.394 e. The van der Waals surface area contributed by atoms with Crippen LogP contribution in [0.25, 0.3) is 0 Å². The van der Waals surface area contributed by atoms with E-state index in [-0.39, 0.29) is 0 Å². The maximum Gasteiger partial charge on any atom is 0.459 e. The monoisotopic (exact) mass is 315 g/mol. The van der Waals surface area contributed by atoms with Crippen molar-refractivity contribution in [1.29, 1.82) is 0 Å². The van der Waals surface area contributed by atoms with Crippen molar-refractivity contribution >= 4 is 5.91 Å². The molecule has 3 N–H and O–H groups in total. The van der Waals surface area contributed by atoms with Gasteiger partial charge in [0.25, 0.3) is 0 Å². The van der Waals surface area contributed by atoms with Crippen LogP contribution in [0.15, 0.2) is 0 Å². The van der Waals surface area contributed by atoms with Crippen LogP contribution < -0.4 is 5.32 Å². The minimum atomic E-state index is -6.43. The number of aliphatic hydroxyl groups excluding tert-OH is 2. The van der Waals surface area contributed by atoms with Gasteiger partial charge in [0.1, 0.15) is 0 Å². The van der Waals surface area contributed by atoms with Crippen LogP contribution in [0.3, 0.4) is 0 Å². The topological polar surface area (TPSA) is 69.6 Å². The molecule has 0 aromatic heterocycles. The van der Waals surface area contributed by atoms with Crippen molar-refractivity contribution in [3.05, 3.63) is 0 Å². The van der Waals surface area contributed by atoms with Crippen LogP contribution in [0.2, 0.25) is 0 Å². The van der Waals surface area contributed by atoms with Gasteiger partial charge < -0.3 is 15.5 Å². The Bertz CT molecular complexity index is 332. The maximum atomic E-state index is 12.8. The van der Waals surface area contributed by atoms with Crippen LogP contribution in [-0.4, -0.2) is 53.4 Å². The van der Waals surface area contributed by atoms with Gasteiger partial charge in [-0.15, -0.1) is 0 Å². The normalized spacial score (nSPS) is 15.1. The highest BCUT2D eigenvalue weighted by Crippen LogP contribution is 2.48. The van der Waals surface area contributed by atoms with Crippen LogP contribution in [0.4, 0.5) is 30.7 Å². The molecular weight excluding hydrogens is 303 g/mol. The standard InChI is InChI=1S/C9H12F7NO3/c10-7(11,8(12,13)9(14,15)16)2-1-6(20)17-3-5(19)4-18/h5,18-19H,1-4H2,(H,17,20). The third-order valence-corrected chi connectivity index (χ3v) is 2.23. The molecule has 1 atom stereocenters. The lowest BCUT2D eigenvalue weighted by Gasteiger charge is -2.28.